The van der Waals surface area contributed by atoms with Crippen LogP contribution in [0.1, 0.15) is 65.5 Å². The molecule has 5 rings (SSSR count). The van der Waals surface area contributed by atoms with Gasteiger partial charge in [0.15, 0.2) is 43.0 Å². The summed E-state index contributed by atoms with van der Waals surface area (Å²) in [6.07, 6.45) is -13.6. The molecule has 2 aromatic carbocycles. The minimum atomic E-state index is -1.79. The molecule has 23 nitrogen and oxygen atoms in total. The molecule has 3 amide bonds. The molecule has 11 atom stereocenters. The zero-order valence-electron chi connectivity index (χ0n) is 37.6. The largest absolute Gasteiger partial charge is 0.480 e. The van der Waals surface area contributed by atoms with E-state index in [9.17, 15) is 48.3 Å². The van der Waals surface area contributed by atoms with E-state index in [1.807, 2.05) is 48.5 Å². The van der Waals surface area contributed by atoms with Crippen molar-refractivity contribution in [3.8, 4) is 11.1 Å². The molecule has 2 saturated heterocycles. The van der Waals surface area contributed by atoms with Gasteiger partial charge in [0, 0.05) is 54.4 Å². The summed E-state index contributed by atoms with van der Waals surface area (Å²) < 4.78 is 57.0. The van der Waals surface area contributed by atoms with Crippen molar-refractivity contribution in [2.24, 2.45) is 0 Å². The van der Waals surface area contributed by atoms with Crippen molar-refractivity contribution in [1.29, 1.82) is 0 Å². The van der Waals surface area contributed by atoms with E-state index in [1.54, 1.807) is 0 Å². The van der Waals surface area contributed by atoms with Gasteiger partial charge in [-0.3, -0.25) is 33.6 Å². The van der Waals surface area contributed by atoms with Gasteiger partial charge in [0.2, 0.25) is 11.8 Å². The van der Waals surface area contributed by atoms with Gasteiger partial charge in [-0.15, -0.1) is 0 Å². The average Bonchev–Trinajstić information content (AvgIpc) is 3.56. The molecule has 364 valence electrons. The minimum Gasteiger partial charge on any atom is -0.480 e. The first-order chi connectivity index (χ1) is 31.7. The lowest BCUT2D eigenvalue weighted by atomic mass is 9.95. The van der Waals surface area contributed by atoms with Crippen LogP contribution in [0.3, 0.4) is 0 Å². The summed E-state index contributed by atoms with van der Waals surface area (Å²) in [7, 11) is 0. The lowest BCUT2D eigenvalue weighted by Crippen LogP contribution is -2.68. The molecule has 3 aliphatic rings. The van der Waals surface area contributed by atoms with Gasteiger partial charge >= 0.3 is 41.9 Å². The number of nitrogens with one attached hydrogen (secondary N) is 3. The standard InChI is InChI=1S/C44H53N3O20/c1-20(48)45-35-39(64-25(6)53)38(63-24(5)52)34(19-60-43-36(46-21(2)49)40(65-26(7)54)37(62-23(4)51)33(66-43)18-58-22(3)50)67-42(35)59-17-32(41(55)56)47-44(57)61-16-31-29-14-10-8-12-27(29)28-13-9-11-15-30(28)31/h8-15,31-40,42-43H,16-19H2,1-7H3,(H,45,48)(H,46,49)(H,47,57)(H,55,56)/t32-,33+,34+,35+,36+,37-,38-,39+,40+,42-,43-/m0/s1. The summed E-state index contributed by atoms with van der Waals surface area (Å²) in [5.41, 5.74) is 3.77. The van der Waals surface area contributed by atoms with E-state index >= 15 is 0 Å². The van der Waals surface area contributed by atoms with Crippen LogP contribution in [0.2, 0.25) is 0 Å². The number of carbonyl (C=O) groups excluding carboxylic acids is 8. The fourth-order valence-electron chi connectivity index (χ4n) is 8.00. The van der Waals surface area contributed by atoms with E-state index in [0.29, 0.717) is 0 Å². The van der Waals surface area contributed by atoms with Crippen molar-refractivity contribution in [1.82, 2.24) is 16.0 Å². The van der Waals surface area contributed by atoms with Crippen LogP contribution in [0.25, 0.3) is 11.1 Å². The molecule has 0 spiro atoms. The fourth-order valence-corrected chi connectivity index (χ4v) is 8.00. The number of carboxylic acid groups (broad SMARTS) is 1. The number of benzene rings is 2. The highest BCUT2D eigenvalue weighted by Crippen LogP contribution is 2.44. The number of carbonyl (C=O) groups is 9. The van der Waals surface area contributed by atoms with Crippen LogP contribution in [-0.4, -0.2) is 153 Å². The Morgan fingerprint density at radius 1 is 0.552 bits per heavy atom. The van der Waals surface area contributed by atoms with Gasteiger partial charge in [-0.05, 0) is 22.3 Å². The molecule has 0 unspecified atom stereocenters. The van der Waals surface area contributed by atoms with Crippen molar-refractivity contribution in [2.45, 2.75) is 122 Å². The third-order valence-corrected chi connectivity index (χ3v) is 10.5. The molecule has 23 heteroatoms. The molecule has 2 heterocycles. The maximum Gasteiger partial charge on any atom is 0.407 e. The van der Waals surface area contributed by atoms with Crippen molar-refractivity contribution < 1.29 is 95.6 Å². The lowest BCUT2D eigenvalue weighted by molar-refractivity contribution is -0.307. The summed E-state index contributed by atoms with van der Waals surface area (Å²) in [6, 6.07) is 10.5. The highest BCUT2D eigenvalue weighted by Gasteiger charge is 2.54. The van der Waals surface area contributed by atoms with Crippen LogP contribution in [-0.2, 0) is 85.7 Å². The zero-order valence-corrected chi connectivity index (χ0v) is 37.6. The fraction of sp³-hybridized carbons (Fsp3) is 0.523. The van der Waals surface area contributed by atoms with Crippen LogP contribution < -0.4 is 16.0 Å². The highest BCUT2D eigenvalue weighted by molar-refractivity contribution is 5.81. The number of amides is 3. The number of carboxylic acids is 1. The summed E-state index contributed by atoms with van der Waals surface area (Å²) in [5.74, 6) is -7.64. The van der Waals surface area contributed by atoms with E-state index in [0.717, 1.165) is 70.7 Å². The van der Waals surface area contributed by atoms with Gasteiger partial charge in [0.25, 0.3) is 0 Å². The van der Waals surface area contributed by atoms with E-state index in [-0.39, 0.29) is 12.5 Å². The van der Waals surface area contributed by atoms with Gasteiger partial charge in [-0.25, -0.2) is 9.59 Å². The Labute approximate surface area is 383 Å². The van der Waals surface area contributed by atoms with E-state index < -0.39 is 141 Å². The number of hydrogen-bond acceptors (Lipinski definition) is 19. The van der Waals surface area contributed by atoms with Crippen molar-refractivity contribution in [3.63, 3.8) is 0 Å². The monoisotopic (exact) mass is 943 g/mol. The maximum absolute atomic E-state index is 13.2. The number of ether oxygens (including phenoxy) is 10. The van der Waals surface area contributed by atoms with E-state index in [1.165, 1.54) is 0 Å². The smallest absolute Gasteiger partial charge is 0.407 e. The molecule has 0 saturated carbocycles. The van der Waals surface area contributed by atoms with E-state index in [2.05, 4.69) is 16.0 Å². The molecule has 1 aliphatic carbocycles. The topological polar surface area (TPSA) is 302 Å². The van der Waals surface area contributed by atoms with Gasteiger partial charge < -0.3 is 68.4 Å². The highest BCUT2D eigenvalue weighted by atomic mass is 16.7. The van der Waals surface area contributed by atoms with Crippen LogP contribution in [0.5, 0.6) is 0 Å². The third kappa shape index (κ3) is 13.7. The molecule has 2 aliphatic heterocycles. The Hall–Kier alpha value is -6.69. The number of aliphatic carboxylic acids is 1. The van der Waals surface area contributed by atoms with Crippen molar-refractivity contribution >= 4 is 53.7 Å². The minimum absolute atomic E-state index is 0.142. The van der Waals surface area contributed by atoms with Gasteiger partial charge in [0.05, 0.1) is 13.2 Å². The number of alkyl carbamates (subject to hydrolysis) is 1. The van der Waals surface area contributed by atoms with Gasteiger partial charge in [0.1, 0.15) is 37.5 Å². The van der Waals surface area contributed by atoms with Crippen LogP contribution in [0, 0.1) is 0 Å². The number of hydrogen-bond donors (Lipinski definition) is 4. The summed E-state index contributed by atoms with van der Waals surface area (Å²) in [4.78, 5) is 112. The SMILES string of the molecule is CC(=O)N[C@H]1[C@@H](OC[C@H]2O[C@H](OC[C@H](NC(=O)OCC3c4ccccc4-c4ccccc43)C(=O)O)[C@H](NC(C)=O)[C@@H](OC(C)=O)[C@H]2OC(C)=O)O[C@H](COC(C)=O)[C@H](OC(C)=O)[C@@H]1OC(C)=O. The Balaban J connectivity index is 1.40. The first-order valence-corrected chi connectivity index (χ1v) is 21.0. The van der Waals surface area contributed by atoms with Crippen LogP contribution in [0.4, 0.5) is 4.79 Å². The number of esters is 5. The second kappa shape index (κ2) is 23.2. The second-order valence-electron chi connectivity index (χ2n) is 15.7. The first-order valence-electron chi connectivity index (χ1n) is 21.0. The molecule has 2 fully saturated rings. The second-order valence-corrected chi connectivity index (χ2v) is 15.7. The Morgan fingerprint density at radius 3 is 1.42 bits per heavy atom. The van der Waals surface area contributed by atoms with Crippen LogP contribution >= 0.6 is 0 Å². The van der Waals surface area contributed by atoms with Crippen molar-refractivity contribution in [3.05, 3.63) is 59.7 Å². The average molecular weight is 944 g/mol. The predicted molar refractivity (Wildman–Crippen MR) is 223 cm³/mol. The summed E-state index contributed by atoms with van der Waals surface area (Å²) in [6.45, 7) is 5.22. The third-order valence-electron chi connectivity index (χ3n) is 10.5. The first kappa shape index (κ1) is 51.3. The lowest BCUT2D eigenvalue weighted by Gasteiger charge is -2.47. The van der Waals surface area contributed by atoms with Crippen molar-refractivity contribution in [2.75, 3.05) is 26.4 Å². The molecular weight excluding hydrogens is 890 g/mol. The summed E-state index contributed by atoms with van der Waals surface area (Å²) >= 11 is 0. The number of fused-ring (bicyclic) bond motifs is 3. The van der Waals surface area contributed by atoms with Crippen LogP contribution in [0.15, 0.2) is 48.5 Å². The molecule has 0 aromatic heterocycles. The molecule has 0 radical (unpaired) electrons. The molecule has 67 heavy (non-hydrogen) atoms. The quantitative estimate of drug-likeness (QED) is 0.118. The zero-order chi connectivity index (χ0) is 49.1. The Morgan fingerprint density at radius 2 is 0.985 bits per heavy atom. The molecule has 0 bridgehead atoms. The normalized spacial score (nSPS) is 25.7. The molecule has 4 N–H and O–H groups in total. The predicted octanol–water partition coefficient (Wildman–Crippen LogP) is 0.761. The van der Waals surface area contributed by atoms with Gasteiger partial charge in [-0.2, -0.15) is 0 Å². The number of rotatable bonds is 18. The Bertz CT molecular complexity index is 2140. The maximum atomic E-state index is 13.2. The Kier molecular flexibility index (Phi) is 17.7. The molecular formula is C44H53N3O20. The van der Waals surface area contributed by atoms with E-state index in [4.69, 9.17) is 47.4 Å². The summed E-state index contributed by atoms with van der Waals surface area (Å²) in [5, 5.41) is 17.5. The van der Waals surface area contributed by atoms with Gasteiger partial charge in [-0.1, -0.05) is 48.5 Å². The molecule has 2 aromatic rings.